The Morgan fingerprint density at radius 2 is 1.62 bits per heavy atom. The van der Waals surface area contributed by atoms with E-state index in [1.807, 2.05) is 35.2 Å². The number of aromatic amines is 1. The highest BCUT2D eigenvalue weighted by atomic mass is 19.1. The first kappa shape index (κ1) is 28.6. The third-order valence-corrected chi connectivity index (χ3v) is 8.64. The zero-order valence-corrected chi connectivity index (χ0v) is 24.7. The molecule has 0 radical (unpaired) electrons. The Hall–Kier alpha value is -5.16. The Morgan fingerprint density at radius 3 is 2.38 bits per heavy atom. The standard InChI is InChI=1S/C34H33FN8O2/c35-26-6-2-23(3-7-26)32-29-20-27(8-11-30(29)39-40-32)38-34(45)25-12-15-41(21-25)22-31(44)43-18-16-42(17-19-43)28-9-4-24(5-10-28)33-36-13-1-14-37-33/h1-11,13-14,20,25H,12,15-19,21-22H2,(H,38,45)(H,39,40)/t25-/m1/s1. The molecule has 1 atom stereocenters. The van der Waals surface area contributed by atoms with Gasteiger partial charge in [-0.25, -0.2) is 14.4 Å². The van der Waals surface area contributed by atoms with Crippen LogP contribution < -0.4 is 10.2 Å². The van der Waals surface area contributed by atoms with Crippen molar-refractivity contribution in [3.63, 3.8) is 0 Å². The number of carbonyl (C=O) groups is 2. The molecule has 0 saturated carbocycles. The van der Waals surface area contributed by atoms with Crippen LogP contribution in [0.25, 0.3) is 33.5 Å². The molecule has 2 aliphatic heterocycles. The van der Waals surface area contributed by atoms with Crippen molar-refractivity contribution in [1.82, 2.24) is 30.0 Å². The lowest BCUT2D eigenvalue weighted by Gasteiger charge is -2.36. The summed E-state index contributed by atoms with van der Waals surface area (Å²) in [6.07, 6.45) is 4.17. The lowest BCUT2D eigenvalue weighted by Crippen LogP contribution is -2.51. The summed E-state index contributed by atoms with van der Waals surface area (Å²) in [6.45, 7) is 4.43. The summed E-state index contributed by atoms with van der Waals surface area (Å²) < 4.78 is 13.4. The molecule has 2 aliphatic rings. The first-order valence-corrected chi connectivity index (χ1v) is 15.2. The lowest BCUT2D eigenvalue weighted by atomic mass is 10.1. The number of benzene rings is 3. The van der Waals surface area contributed by atoms with Gasteiger partial charge in [-0.2, -0.15) is 5.10 Å². The molecule has 2 N–H and O–H groups in total. The van der Waals surface area contributed by atoms with Gasteiger partial charge in [-0.15, -0.1) is 0 Å². The van der Waals surface area contributed by atoms with Crippen LogP contribution in [0.5, 0.6) is 0 Å². The van der Waals surface area contributed by atoms with Crippen LogP contribution in [0.3, 0.4) is 0 Å². The van der Waals surface area contributed by atoms with Gasteiger partial charge in [0.05, 0.1) is 23.7 Å². The van der Waals surface area contributed by atoms with E-state index in [4.69, 9.17) is 0 Å². The second-order valence-corrected chi connectivity index (χ2v) is 11.5. The van der Waals surface area contributed by atoms with E-state index in [1.165, 1.54) is 12.1 Å². The molecule has 0 aliphatic carbocycles. The van der Waals surface area contributed by atoms with E-state index in [9.17, 15) is 14.0 Å². The highest BCUT2D eigenvalue weighted by Gasteiger charge is 2.31. The molecule has 228 valence electrons. The normalized spacial score (nSPS) is 17.1. The Labute approximate surface area is 259 Å². The van der Waals surface area contributed by atoms with Crippen LogP contribution in [0.4, 0.5) is 15.8 Å². The SMILES string of the molecule is O=C(Nc1ccc2[nH]nc(-c3ccc(F)cc3)c2c1)[C@@H]1CCN(CC(=O)N2CCN(c3ccc(-c4ncccn4)cc3)CC2)C1. The predicted molar refractivity (Wildman–Crippen MR) is 171 cm³/mol. The fourth-order valence-electron chi connectivity index (χ4n) is 6.13. The van der Waals surface area contributed by atoms with Gasteiger partial charge in [0.15, 0.2) is 5.82 Å². The van der Waals surface area contributed by atoms with Crippen molar-refractivity contribution in [3.05, 3.63) is 91.0 Å². The highest BCUT2D eigenvalue weighted by molar-refractivity contribution is 5.99. The number of fused-ring (bicyclic) bond motifs is 1. The second kappa shape index (κ2) is 12.4. The fourth-order valence-corrected chi connectivity index (χ4v) is 6.13. The molecule has 4 heterocycles. The van der Waals surface area contributed by atoms with Gasteiger partial charge in [-0.1, -0.05) is 0 Å². The summed E-state index contributed by atoms with van der Waals surface area (Å²) in [5.41, 5.74) is 5.08. The maximum atomic E-state index is 13.4. The van der Waals surface area contributed by atoms with E-state index in [1.54, 1.807) is 30.6 Å². The summed E-state index contributed by atoms with van der Waals surface area (Å²) in [5.74, 6) is 0.240. The number of nitrogens with zero attached hydrogens (tertiary/aromatic N) is 6. The number of amides is 2. The van der Waals surface area contributed by atoms with Gasteiger partial charge in [0.25, 0.3) is 0 Å². The molecule has 2 saturated heterocycles. The summed E-state index contributed by atoms with van der Waals surface area (Å²) >= 11 is 0. The van der Waals surface area contributed by atoms with Crippen LogP contribution in [0.2, 0.25) is 0 Å². The average Bonchev–Trinajstić information content (AvgIpc) is 3.73. The summed E-state index contributed by atoms with van der Waals surface area (Å²) in [7, 11) is 0. The number of aromatic nitrogens is 4. The zero-order chi connectivity index (χ0) is 30.8. The summed E-state index contributed by atoms with van der Waals surface area (Å²) in [5, 5.41) is 11.3. The van der Waals surface area contributed by atoms with E-state index in [0.29, 0.717) is 56.4 Å². The molecular formula is C34H33FN8O2. The molecule has 0 spiro atoms. The maximum absolute atomic E-state index is 13.4. The monoisotopic (exact) mass is 604 g/mol. The number of piperazine rings is 1. The van der Waals surface area contributed by atoms with Gasteiger partial charge in [0.2, 0.25) is 11.8 Å². The van der Waals surface area contributed by atoms with Crippen LogP contribution in [0.1, 0.15) is 6.42 Å². The number of anilines is 2. The molecule has 3 aromatic carbocycles. The molecule has 10 nitrogen and oxygen atoms in total. The lowest BCUT2D eigenvalue weighted by molar-refractivity contribution is -0.132. The topological polar surface area (TPSA) is 110 Å². The quantitative estimate of drug-likeness (QED) is 0.283. The number of hydrogen-bond donors (Lipinski definition) is 2. The van der Waals surface area contributed by atoms with Crippen molar-refractivity contribution in [1.29, 1.82) is 0 Å². The molecule has 2 aromatic heterocycles. The van der Waals surface area contributed by atoms with Crippen molar-refractivity contribution < 1.29 is 14.0 Å². The predicted octanol–water partition coefficient (Wildman–Crippen LogP) is 4.44. The molecule has 0 bridgehead atoms. The zero-order valence-electron chi connectivity index (χ0n) is 24.7. The van der Waals surface area contributed by atoms with E-state index >= 15 is 0 Å². The third-order valence-electron chi connectivity index (χ3n) is 8.64. The van der Waals surface area contributed by atoms with E-state index in [2.05, 4.69) is 47.4 Å². The van der Waals surface area contributed by atoms with Gasteiger partial charge in [0.1, 0.15) is 5.82 Å². The smallest absolute Gasteiger partial charge is 0.236 e. The minimum atomic E-state index is -0.306. The average molecular weight is 605 g/mol. The van der Waals surface area contributed by atoms with Crippen LogP contribution >= 0.6 is 0 Å². The van der Waals surface area contributed by atoms with Crippen LogP contribution in [-0.4, -0.2) is 87.6 Å². The minimum Gasteiger partial charge on any atom is -0.368 e. The molecule has 45 heavy (non-hydrogen) atoms. The Kier molecular flexibility index (Phi) is 7.91. The second-order valence-electron chi connectivity index (χ2n) is 11.5. The van der Waals surface area contributed by atoms with Gasteiger partial charge in [-0.05, 0) is 85.8 Å². The number of rotatable bonds is 7. The number of carbonyl (C=O) groups excluding carboxylic acids is 2. The number of hydrogen-bond acceptors (Lipinski definition) is 7. The fraction of sp³-hybridized carbons (Fsp3) is 0.265. The van der Waals surface area contributed by atoms with E-state index in [-0.39, 0.29) is 23.5 Å². The maximum Gasteiger partial charge on any atom is 0.236 e. The highest BCUT2D eigenvalue weighted by Crippen LogP contribution is 2.29. The van der Waals surface area contributed by atoms with Gasteiger partial charge < -0.3 is 15.1 Å². The van der Waals surface area contributed by atoms with Crippen molar-refractivity contribution in [3.8, 4) is 22.6 Å². The molecule has 5 aromatic rings. The van der Waals surface area contributed by atoms with Gasteiger partial charge in [0, 0.05) is 73.0 Å². The Balaban J connectivity index is 0.899. The molecule has 7 rings (SSSR count). The number of nitrogens with one attached hydrogen (secondary N) is 2. The molecule has 0 unspecified atom stereocenters. The first-order valence-electron chi connectivity index (χ1n) is 15.2. The van der Waals surface area contributed by atoms with Gasteiger partial charge >= 0.3 is 0 Å². The largest absolute Gasteiger partial charge is 0.368 e. The van der Waals surface area contributed by atoms with E-state index < -0.39 is 0 Å². The summed E-state index contributed by atoms with van der Waals surface area (Å²) in [6, 6.07) is 21.8. The summed E-state index contributed by atoms with van der Waals surface area (Å²) in [4.78, 5) is 41.2. The number of likely N-dealkylation sites (tertiary alicyclic amines) is 1. The van der Waals surface area contributed by atoms with Crippen LogP contribution in [-0.2, 0) is 9.59 Å². The molecular weight excluding hydrogens is 571 g/mol. The molecule has 2 fully saturated rings. The van der Waals surface area contributed by atoms with Crippen molar-refractivity contribution in [2.45, 2.75) is 6.42 Å². The Bertz CT molecular complexity index is 1800. The van der Waals surface area contributed by atoms with Crippen molar-refractivity contribution in [2.24, 2.45) is 5.92 Å². The number of H-pyrrole nitrogens is 1. The molecule has 11 heteroatoms. The minimum absolute atomic E-state index is 0.0606. The van der Waals surface area contributed by atoms with Crippen LogP contribution in [0.15, 0.2) is 85.2 Å². The van der Waals surface area contributed by atoms with Gasteiger partial charge in [-0.3, -0.25) is 19.6 Å². The van der Waals surface area contributed by atoms with Crippen molar-refractivity contribution in [2.75, 3.05) is 56.0 Å². The third kappa shape index (κ3) is 6.25. The Morgan fingerprint density at radius 1 is 0.889 bits per heavy atom. The first-order chi connectivity index (χ1) is 22.0. The van der Waals surface area contributed by atoms with Crippen molar-refractivity contribution >= 4 is 34.1 Å². The van der Waals surface area contributed by atoms with E-state index in [0.717, 1.165) is 40.8 Å². The molecule has 2 amide bonds. The number of halogens is 1. The van der Waals surface area contributed by atoms with Crippen LogP contribution in [0, 0.1) is 11.7 Å².